The van der Waals surface area contributed by atoms with E-state index in [-0.39, 0.29) is 0 Å². The molecular weight excluding hydrogens is 136 g/mol. The fourth-order valence-electron chi connectivity index (χ4n) is 1.31. The molecule has 0 aliphatic carbocycles. The van der Waals surface area contributed by atoms with Crippen LogP contribution in [0.25, 0.3) is 0 Å². The van der Waals surface area contributed by atoms with Gasteiger partial charge in [-0.25, -0.2) is 5.43 Å². The average molecular weight is 154 g/mol. The van der Waals surface area contributed by atoms with Crippen LogP contribution in [0.3, 0.4) is 0 Å². The quantitative estimate of drug-likeness (QED) is 0.617. The van der Waals surface area contributed by atoms with E-state index in [0.717, 1.165) is 19.0 Å². The summed E-state index contributed by atoms with van der Waals surface area (Å²) in [4.78, 5) is 0. The van der Waals surface area contributed by atoms with Crippen LogP contribution in [0.4, 0.5) is 0 Å². The first-order chi connectivity index (χ1) is 5.04. The van der Waals surface area contributed by atoms with Crippen molar-refractivity contribution in [2.45, 2.75) is 20.8 Å². The van der Waals surface area contributed by atoms with Crippen molar-refractivity contribution in [2.24, 2.45) is 11.3 Å². The van der Waals surface area contributed by atoms with Gasteiger partial charge in [-0.1, -0.05) is 27.4 Å². The van der Waals surface area contributed by atoms with Crippen LogP contribution in [0.5, 0.6) is 0 Å². The third-order valence-electron chi connectivity index (χ3n) is 2.40. The first-order valence-corrected chi connectivity index (χ1v) is 4.17. The Morgan fingerprint density at radius 1 is 1.55 bits per heavy atom. The molecule has 0 radical (unpaired) electrons. The van der Waals surface area contributed by atoms with Crippen LogP contribution in [0, 0.1) is 11.3 Å². The molecule has 1 fully saturated rings. The molecule has 1 heterocycles. The summed E-state index contributed by atoms with van der Waals surface area (Å²) in [6.45, 7) is 12.7. The van der Waals surface area contributed by atoms with Gasteiger partial charge in [0.15, 0.2) is 0 Å². The second-order valence-corrected chi connectivity index (χ2v) is 4.26. The number of hydrogen-bond donors (Lipinski definition) is 1. The molecule has 1 atom stereocenters. The van der Waals surface area contributed by atoms with Crippen LogP contribution in [0.1, 0.15) is 20.8 Å². The van der Waals surface area contributed by atoms with Gasteiger partial charge in [-0.05, 0) is 11.3 Å². The van der Waals surface area contributed by atoms with Crippen molar-refractivity contribution in [3.63, 3.8) is 0 Å². The van der Waals surface area contributed by atoms with Gasteiger partial charge in [0.05, 0.1) is 0 Å². The molecule has 0 aromatic rings. The molecule has 0 saturated carbocycles. The van der Waals surface area contributed by atoms with E-state index >= 15 is 0 Å². The molecule has 0 amide bonds. The van der Waals surface area contributed by atoms with E-state index < -0.39 is 0 Å². The summed E-state index contributed by atoms with van der Waals surface area (Å²) >= 11 is 0. The summed E-state index contributed by atoms with van der Waals surface area (Å²) in [6, 6.07) is 0. The highest BCUT2D eigenvalue weighted by Gasteiger charge is 2.30. The van der Waals surface area contributed by atoms with Gasteiger partial charge in [0.1, 0.15) is 0 Å². The van der Waals surface area contributed by atoms with Crippen LogP contribution in [-0.4, -0.2) is 18.1 Å². The maximum atomic E-state index is 3.72. The normalized spacial score (nSPS) is 25.7. The zero-order chi connectivity index (χ0) is 8.48. The van der Waals surface area contributed by atoms with Gasteiger partial charge in [0, 0.05) is 19.3 Å². The van der Waals surface area contributed by atoms with Crippen molar-refractivity contribution in [3.05, 3.63) is 12.8 Å². The number of rotatable bonds is 1. The van der Waals surface area contributed by atoms with Gasteiger partial charge in [0.25, 0.3) is 0 Å². The maximum Gasteiger partial charge on any atom is 0.0383 e. The Balaban J connectivity index is 2.48. The standard InChI is InChI=1S/C9H18N2/c1-5-11-7-8(6-10-11)9(2,3)4/h5,8,10H,1,6-7H2,2-4H3. The summed E-state index contributed by atoms with van der Waals surface area (Å²) in [5.74, 6) is 0.737. The number of hydrogen-bond acceptors (Lipinski definition) is 2. The summed E-state index contributed by atoms with van der Waals surface area (Å²) in [6.07, 6.45) is 1.85. The molecule has 64 valence electrons. The molecule has 2 nitrogen and oxygen atoms in total. The highest BCUT2D eigenvalue weighted by atomic mass is 15.5. The van der Waals surface area contributed by atoms with Crippen molar-refractivity contribution in [1.29, 1.82) is 0 Å². The zero-order valence-electron chi connectivity index (χ0n) is 7.72. The molecule has 0 spiro atoms. The smallest absolute Gasteiger partial charge is 0.0383 e. The Labute approximate surface area is 69.2 Å². The summed E-state index contributed by atoms with van der Waals surface area (Å²) in [5.41, 5.74) is 3.69. The average Bonchev–Trinajstić information content (AvgIpc) is 2.32. The van der Waals surface area contributed by atoms with Crippen LogP contribution >= 0.6 is 0 Å². The summed E-state index contributed by atoms with van der Waals surface area (Å²) in [7, 11) is 0. The topological polar surface area (TPSA) is 15.3 Å². The van der Waals surface area contributed by atoms with Crippen molar-refractivity contribution in [3.8, 4) is 0 Å². The molecule has 11 heavy (non-hydrogen) atoms. The predicted octanol–water partition coefficient (Wildman–Crippen LogP) is 1.61. The molecule has 2 heteroatoms. The maximum absolute atomic E-state index is 3.72. The van der Waals surface area contributed by atoms with E-state index in [1.807, 2.05) is 6.20 Å². The molecule has 1 rings (SSSR count). The van der Waals surface area contributed by atoms with Gasteiger partial charge in [-0.3, -0.25) is 0 Å². The lowest BCUT2D eigenvalue weighted by molar-refractivity contribution is 0.255. The zero-order valence-corrected chi connectivity index (χ0v) is 7.72. The third-order valence-corrected chi connectivity index (χ3v) is 2.40. The second-order valence-electron chi connectivity index (χ2n) is 4.26. The van der Waals surface area contributed by atoms with Crippen LogP contribution < -0.4 is 5.43 Å². The van der Waals surface area contributed by atoms with Gasteiger partial charge in [-0.2, -0.15) is 0 Å². The van der Waals surface area contributed by atoms with Gasteiger partial charge in [0.2, 0.25) is 0 Å². The number of nitrogens with one attached hydrogen (secondary N) is 1. The highest BCUT2D eigenvalue weighted by Crippen LogP contribution is 2.28. The van der Waals surface area contributed by atoms with Crippen LogP contribution in [0.2, 0.25) is 0 Å². The predicted molar refractivity (Wildman–Crippen MR) is 47.9 cm³/mol. The molecule has 0 bridgehead atoms. The first kappa shape index (κ1) is 8.60. The van der Waals surface area contributed by atoms with E-state index in [0.29, 0.717) is 5.41 Å². The molecule has 1 unspecified atom stereocenters. The summed E-state index contributed by atoms with van der Waals surface area (Å²) in [5, 5.41) is 2.07. The Bertz CT molecular complexity index is 146. The van der Waals surface area contributed by atoms with E-state index in [2.05, 4.69) is 37.8 Å². The van der Waals surface area contributed by atoms with E-state index in [9.17, 15) is 0 Å². The molecule has 0 aromatic carbocycles. The SMILES string of the molecule is C=CN1CC(C(C)(C)C)CN1. The fourth-order valence-corrected chi connectivity index (χ4v) is 1.31. The molecular formula is C9H18N2. The van der Waals surface area contributed by atoms with E-state index in [1.165, 1.54) is 0 Å². The molecule has 0 aromatic heterocycles. The minimum atomic E-state index is 0.408. The summed E-state index contributed by atoms with van der Waals surface area (Å²) < 4.78 is 0. The lowest BCUT2D eigenvalue weighted by Crippen LogP contribution is -2.24. The monoisotopic (exact) mass is 154 g/mol. The van der Waals surface area contributed by atoms with Crippen molar-refractivity contribution >= 4 is 0 Å². The minimum Gasteiger partial charge on any atom is -0.316 e. The largest absolute Gasteiger partial charge is 0.316 e. The van der Waals surface area contributed by atoms with E-state index in [4.69, 9.17) is 0 Å². The van der Waals surface area contributed by atoms with Gasteiger partial charge in [-0.15, -0.1) is 0 Å². The van der Waals surface area contributed by atoms with E-state index in [1.54, 1.807) is 0 Å². The van der Waals surface area contributed by atoms with Crippen molar-refractivity contribution in [1.82, 2.24) is 10.4 Å². The van der Waals surface area contributed by atoms with Crippen LogP contribution in [0.15, 0.2) is 12.8 Å². The lowest BCUT2D eigenvalue weighted by atomic mass is 9.81. The Hall–Kier alpha value is -0.500. The molecule has 1 aliphatic heterocycles. The van der Waals surface area contributed by atoms with Crippen molar-refractivity contribution < 1.29 is 0 Å². The minimum absolute atomic E-state index is 0.408. The number of nitrogens with zero attached hydrogens (tertiary/aromatic N) is 1. The number of hydrazine groups is 1. The van der Waals surface area contributed by atoms with Crippen molar-refractivity contribution in [2.75, 3.05) is 13.1 Å². The third kappa shape index (κ3) is 1.96. The molecule has 1 aliphatic rings. The van der Waals surface area contributed by atoms with Gasteiger partial charge >= 0.3 is 0 Å². The highest BCUT2D eigenvalue weighted by molar-refractivity contribution is 4.85. The molecule has 1 saturated heterocycles. The van der Waals surface area contributed by atoms with Gasteiger partial charge < -0.3 is 5.01 Å². The van der Waals surface area contributed by atoms with Crippen LogP contribution in [-0.2, 0) is 0 Å². The Kier molecular flexibility index (Phi) is 2.23. The Morgan fingerprint density at radius 2 is 2.18 bits per heavy atom. The lowest BCUT2D eigenvalue weighted by Gasteiger charge is -2.25. The second kappa shape index (κ2) is 2.86. The fraction of sp³-hybridized carbons (Fsp3) is 0.778. The Morgan fingerprint density at radius 3 is 2.45 bits per heavy atom. The molecule has 1 N–H and O–H groups in total. The first-order valence-electron chi connectivity index (χ1n) is 4.17.